The molecule has 1 aromatic carbocycles. The van der Waals surface area contributed by atoms with Gasteiger partial charge < -0.3 is 15.8 Å². The van der Waals surface area contributed by atoms with Gasteiger partial charge in [0.15, 0.2) is 6.10 Å². The second-order valence-electron chi connectivity index (χ2n) is 5.26. The van der Waals surface area contributed by atoms with Crippen LogP contribution in [-0.2, 0) is 4.79 Å². The maximum atomic E-state index is 11.8. The lowest BCUT2D eigenvalue weighted by molar-refractivity contribution is -0.127. The van der Waals surface area contributed by atoms with Gasteiger partial charge in [-0.3, -0.25) is 4.79 Å². The number of nitrogens with one attached hydrogen (secondary N) is 1. The fraction of sp³-hybridized carbons (Fsp3) is 0.533. The van der Waals surface area contributed by atoms with E-state index in [1.807, 2.05) is 31.2 Å². The molecule has 3 N–H and O–H groups in total. The lowest BCUT2D eigenvalue weighted by Gasteiger charge is -2.16. The highest BCUT2D eigenvalue weighted by Crippen LogP contribution is 2.17. The Labute approximate surface area is 115 Å². The number of hydrogen-bond donors (Lipinski definition) is 2. The highest BCUT2D eigenvalue weighted by Gasteiger charge is 2.14. The number of nitrogens with two attached hydrogens (primary N) is 1. The highest BCUT2D eigenvalue weighted by atomic mass is 16.5. The van der Waals surface area contributed by atoms with Gasteiger partial charge in [-0.15, -0.1) is 0 Å². The van der Waals surface area contributed by atoms with Crippen LogP contribution in [0.25, 0.3) is 0 Å². The van der Waals surface area contributed by atoms with Gasteiger partial charge in [-0.2, -0.15) is 0 Å². The molecule has 0 aliphatic heterocycles. The maximum Gasteiger partial charge on any atom is 0.260 e. The predicted octanol–water partition coefficient (Wildman–Crippen LogP) is 2.25. The van der Waals surface area contributed by atoms with Crippen molar-refractivity contribution >= 4 is 5.91 Å². The van der Waals surface area contributed by atoms with E-state index in [4.69, 9.17) is 10.5 Å². The first kappa shape index (κ1) is 15.5. The molecule has 1 aromatic rings. The summed E-state index contributed by atoms with van der Waals surface area (Å²) in [6.45, 7) is 8.44. The van der Waals surface area contributed by atoms with E-state index in [-0.39, 0.29) is 11.9 Å². The Morgan fingerprint density at radius 1 is 1.21 bits per heavy atom. The van der Waals surface area contributed by atoms with Crippen molar-refractivity contribution in [2.24, 2.45) is 11.7 Å². The number of amides is 1. The molecule has 0 bridgehead atoms. The van der Waals surface area contributed by atoms with Crippen molar-refractivity contribution in [2.75, 3.05) is 6.54 Å². The molecule has 1 rings (SSSR count). The Kier molecular flexibility index (Phi) is 5.83. The first-order chi connectivity index (χ1) is 8.90. The fourth-order valence-electron chi connectivity index (χ4n) is 1.56. The van der Waals surface area contributed by atoms with Crippen LogP contribution in [0.4, 0.5) is 0 Å². The number of benzene rings is 1. The number of ether oxygens (including phenoxy) is 1. The summed E-state index contributed by atoms with van der Waals surface area (Å²) in [4.78, 5) is 11.8. The zero-order valence-electron chi connectivity index (χ0n) is 12.1. The van der Waals surface area contributed by atoms with Gasteiger partial charge in [-0.05, 0) is 37.5 Å². The number of carbonyl (C=O) groups is 1. The summed E-state index contributed by atoms with van der Waals surface area (Å²) < 4.78 is 5.59. The van der Waals surface area contributed by atoms with E-state index in [1.165, 1.54) is 0 Å². The van der Waals surface area contributed by atoms with E-state index in [2.05, 4.69) is 19.2 Å². The summed E-state index contributed by atoms with van der Waals surface area (Å²) in [5.41, 5.74) is 6.82. The maximum absolute atomic E-state index is 11.8. The van der Waals surface area contributed by atoms with Crippen molar-refractivity contribution < 1.29 is 9.53 Å². The van der Waals surface area contributed by atoms with Crippen molar-refractivity contribution in [2.45, 2.75) is 39.8 Å². The van der Waals surface area contributed by atoms with Crippen molar-refractivity contribution in [1.29, 1.82) is 0 Å². The molecule has 0 saturated carbocycles. The summed E-state index contributed by atoms with van der Waals surface area (Å²) in [5.74, 6) is 1.02. The lowest BCUT2D eigenvalue weighted by Crippen LogP contribution is -2.38. The Morgan fingerprint density at radius 3 is 2.26 bits per heavy atom. The van der Waals surface area contributed by atoms with Gasteiger partial charge in [0.05, 0.1) is 0 Å². The van der Waals surface area contributed by atoms with Crippen molar-refractivity contribution in [3.8, 4) is 5.75 Å². The lowest BCUT2D eigenvalue weighted by atomic mass is 10.1. The number of carbonyl (C=O) groups excluding carboxylic acids is 1. The predicted molar refractivity (Wildman–Crippen MR) is 77.0 cm³/mol. The van der Waals surface area contributed by atoms with Crippen LogP contribution in [0.2, 0.25) is 0 Å². The molecule has 1 amide bonds. The second-order valence-corrected chi connectivity index (χ2v) is 5.26. The Morgan fingerprint density at radius 2 is 1.79 bits per heavy atom. The molecular formula is C15H24N2O2. The van der Waals surface area contributed by atoms with Gasteiger partial charge in [-0.1, -0.05) is 26.0 Å². The quantitative estimate of drug-likeness (QED) is 0.828. The van der Waals surface area contributed by atoms with Crippen LogP contribution in [0.15, 0.2) is 24.3 Å². The molecule has 0 aromatic heterocycles. The molecule has 0 saturated heterocycles. The largest absolute Gasteiger partial charge is 0.481 e. The van der Waals surface area contributed by atoms with Crippen LogP contribution >= 0.6 is 0 Å². The smallest absolute Gasteiger partial charge is 0.260 e. The molecule has 0 radical (unpaired) electrons. The van der Waals surface area contributed by atoms with Crippen molar-refractivity contribution in [3.63, 3.8) is 0 Å². The molecule has 4 heteroatoms. The Hall–Kier alpha value is -1.55. The summed E-state index contributed by atoms with van der Waals surface area (Å²) in [5, 5.41) is 2.85. The Balaban J connectivity index is 2.51. The zero-order chi connectivity index (χ0) is 14.4. The normalized spacial score (nSPS) is 14.0. The first-order valence-electron chi connectivity index (χ1n) is 6.70. The van der Waals surface area contributed by atoms with E-state index in [0.29, 0.717) is 18.2 Å². The molecule has 0 spiro atoms. The highest BCUT2D eigenvalue weighted by molar-refractivity contribution is 5.80. The van der Waals surface area contributed by atoms with Crippen LogP contribution in [-0.4, -0.2) is 18.6 Å². The van der Waals surface area contributed by atoms with E-state index in [9.17, 15) is 4.79 Å². The molecule has 106 valence electrons. The first-order valence-corrected chi connectivity index (χ1v) is 6.70. The number of hydrogen-bond acceptors (Lipinski definition) is 3. The van der Waals surface area contributed by atoms with E-state index < -0.39 is 6.10 Å². The van der Waals surface area contributed by atoms with Crippen molar-refractivity contribution in [3.05, 3.63) is 29.8 Å². The van der Waals surface area contributed by atoms with Crippen LogP contribution in [0.1, 0.15) is 39.3 Å². The molecule has 0 aliphatic rings. The van der Waals surface area contributed by atoms with Crippen LogP contribution < -0.4 is 15.8 Å². The minimum Gasteiger partial charge on any atom is -0.481 e. The summed E-state index contributed by atoms with van der Waals surface area (Å²) in [7, 11) is 0. The Bertz CT molecular complexity index is 399. The van der Waals surface area contributed by atoms with Gasteiger partial charge in [0.2, 0.25) is 0 Å². The minimum absolute atomic E-state index is 0.000754. The van der Waals surface area contributed by atoms with Crippen LogP contribution in [0.3, 0.4) is 0 Å². The molecule has 0 fully saturated rings. The molecule has 4 nitrogen and oxygen atoms in total. The van der Waals surface area contributed by atoms with E-state index >= 15 is 0 Å². The van der Waals surface area contributed by atoms with Crippen LogP contribution in [0, 0.1) is 5.92 Å². The second kappa shape index (κ2) is 7.14. The van der Waals surface area contributed by atoms with Gasteiger partial charge in [-0.25, -0.2) is 0 Å². The SMILES string of the molecule is CC(C)CNC(=O)C(C)Oc1ccc([C@@H](C)N)cc1. The summed E-state index contributed by atoms with van der Waals surface area (Å²) in [6, 6.07) is 7.51. The standard InChI is InChI=1S/C15H24N2O2/c1-10(2)9-17-15(18)12(4)19-14-7-5-13(6-8-14)11(3)16/h5-8,10-12H,9,16H2,1-4H3,(H,17,18)/t11-,12?/m1/s1. The van der Waals surface area contributed by atoms with Crippen LogP contribution in [0.5, 0.6) is 5.75 Å². The fourth-order valence-corrected chi connectivity index (χ4v) is 1.56. The van der Waals surface area contributed by atoms with Gasteiger partial charge in [0, 0.05) is 12.6 Å². The third-order valence-electron chi connectivity index (χ3n) is 2.77. The summed E-state index contributed by atoms with van der Waals surface area (Å²) >= 11 is 0. The van der Waals surface area contributed by atoms with E-state index in [0.717, 1.165) is 5.56 Å². The summed E-state index contributed by atoms with van der Waals surface area (Å²) in [6.07, 6.45) is -0.500. The zero-order valence-corrected chi connectivity index (χ0v) is 12.1. The topological polar surface area (TPSA) is 64.3 Å². The molecule has 19 heavy (non-hydrogen) atoms. The van der Waals surface area contributed by atoms with Gasteiger partial charge >= 0.3 is 0 Å². The third kappa shape index (κ3) is 5.30. The van der Waals surface area contributed by atoms with Gasteiger partial charge in [0.25, 0.3) is 5.91 Å². The third-order valence-corrected chi connectivity index (χ3v) is 2.77. The number of rotatable bonds is 6. The monoisotopic (exact) mass is 264 g/mol. The molecular weight excluding hydrogens is 240 g/mol. The molecule has 0 aliphatic carbocycles. The minimum atomic E-state index is -0.500. The van der Waals surface area contributed by atoms with Crippen molar-refractivity contribution in [1.82, 2.24) is 5.32 Å². The molecule has 2 atom stereocenters. The van der Waals surface area contributed by atoms with E-state index in [1.54, 1.807) is 6.92 Å². The average molecular weight is 264 g/mol. The molecule has 0 heterocycles. The average Bonchev–Trinajstić information content (AvgIpc) is 2.36. The van der Waals surface area contributed by atoms with Gasteiger partial charge in [0.1, 0.15) is 5.75 Å². The molecule has 1 unspecified atom stereocenters.